The molecule has 0 radical (unpaired) electrons. The van der Waals surface area contributed by atoms with Gasteiger partial charge in [-0.2, -0.15) is 5.10 Å². The van der Waals surface area contributed by atoms with Crippen LogP contribution in [0.4, 0.5) is 0 Å². The summed E-state index contributed by atoms with van der Waals surface area (Å²) < 4.78 is 3.72. The zero-order valence-electron chi connectivity index (χ0n) is 15.6. The number of aromatic nitrogens is 5. The Labute approximate surface area is 183 Å². The molecular formula is C21H15BrN6OS. The van der Waals surface area contributed by atoms with E-state index in [0.717, 1.165) is 43.0 Å². The molecule has 0 unspecified atom stereocenters. The van der Waals surface area contributed by atoms with Crippen LogP contribution in [0.3, 0.4) is 0 Å². The van der Waals surface area contributed by atoms with E-state index in [1.54, 1.807) is 28.4 Å². The highest BCUT2D eigenvalue weighted by Crippen LogP contribution is 2.38. The summed E-state index contributed by atoms with van der Waals surface area (Å²) >= 11 is 5.06. The Balaban J connectivity index is 1.48. The standard InChI is InChI=1S/C21H15BrN6OS/c22-12-5-6-16-13(9-25-28(16)10-12)21(29)27-8-7-15-18(24-11-23-15)19(27)20-26-14-3-1-2-4-17(14)30-20/h1-6,9-11,19H,7-8H2,(H,23,24)/t19-/m0/s1. The Bertz CT molecular complexity index is 1390. The van der Waals surface area contributed by atoms with Crippen LogP contribution >= 0.6 is 27.3 Å². The number of thiazole rings is 1. The van der Waals surface area contributed by atoms with Gasteiger partial charge in [0.2, 0.25) is 0 Å². The molecule has 30 heavy (non-hydrogen) atoms. The Morgan fingerprint density at radius 2 is 2.13 bits per heavy atom. The molecule has 0 saturated carbocycles. The number of fused-ring (bicyclic) bond motifs is 3. The third-order valence-corrected chi connectivity index (χ3v) is 7.00. The topological polar surface area (TPSA) is 79.2 Å². The average Bonchev–Trinajstić information content (AvgIpc) is 3.49. The molecule has 7 nitrogen and oxygen atoms in total. The molecule has 148 valence electrons. The number of rotatable bonds is 2. The summed E-state index contributed by atoms with van der Waals surface area (Å²) in [7, 11) is 0. The predicted molar refractivity (Wildman–Crippen MR) is 118 cm³/mol. The molecule has 6 rings (SSSR count). The average molecular weight is 479 g/mol. The summed E-state index contributed by atoms with van der Waals surface area (Å²) in [6.07, 6.45) is 5.91. The molecule has 0 fully saturated rings. The van der Waals surface area contributed by atoms with Crippen LogP contribution < -0.4 is 0 Å². The maximum Gasteiger partial charge on any atom is 0.258 e. The van der Waals surface area contributed by atoms with E-state index < -0.39 is 0 Å². The highest BCUT2D eigenvalue weighted by atomic mass is 79.9. The van der Waals surface area contributed by atoms with E-state index in [2.05, 4.69) is 37.1 Å². The maximum absolute atomic E-state index is 13.7. The number of H-pyrrole nitrogens is 1. The smallest absolute Gasteiger partial charge is 0.258 e. The summed E-state index contributed by atoms with van der Waals surface area (Å²) in [5, 5.41) is 5.24. The molecule has 1 atom stereocenters. The number of para-hydroxylation sites is 1. The summed E-state index contributed by atoms with van der Waals surface area (Å²) in [4.78, 5) is 28.2. The van der Waals surface area contributed by atoms with Crippen molar-refractivity contribution in [2.75, 3.05) is 6.54 Å². The van der Waals surface area contributed by atoms with Gasteiger partial charge in [-0.25, -0.2) is 14.5 Å². The van der Waals surface area contributed by atoms with Crippen molar-refractivity contribution in [1.29, 1.82) is 0 Å². The third kappa shape index (κ3) is 2.69. The lowest BCUT2D eigenvalue weighted by Crippen LogP contribution is -2.40. The number of nitrogens with one attached hydrogen (secondary N) is 1. The molecule has 1 amide bonds. The minimum atomic E-state index is -0.324. The van der Waals surface area contributed by atoms with Crippen molar-refractivity contribution in [2.45, 2.75) is 12.5 Å². The first-order valence-corrected chi connectivity index (χ1v) is 11.1. The second kappa shape index (κ2) is 6.75. The molecule has 1 aliphatic rings. The van der Waals surface area contributed by atoms with Crippen molar-refractivity contribution >= 4 is 48.9 Å². The number of aromatic amines is 1. The van der Waals surface area contributed by atoms with Crippen molar-refractivity contribution < 1.29 is 4.79 Å². The molecule has 0 aliphatic carbocycles. The lowest BCUT2D eigenvalue weighted by molar-refractivity contribution is 0.0692. The van der Waals surface area contributed by atoms with E-state index >= 15 is 0 Å². The minimum Gasteiger partial charge on any atom is -0.348 e. The predicted octanol–water partition coefficient (Wildman–Crippen LogP) is 4.22. The van der Waals surface area contributed by atoms with Crippen LogP contribution in [0.15, 0.2) is 59.6 Å². The van der Waals surface area contributed by atoms with Crippen LogP contribution in [0.25, 0.3) is 15.7 Å². The summed E-state index contributed by atoms with van der Waals surface area (Å²) in [5.41, 5.74) is 4.22. The molecule has 0 spiro atoms. The Morgan fingerprint density at radius 1 is 1.23 bits per heavy atom. The fraction of sp³-hybridized carbons (Fsp3) is 0.143. The van der Waals surface area contributed by atoms with E-state index in [-0.39, 0.29) is 11.9 Å². The van der Waals surface area contributed by atoms with E-state index in [1.807, 2.05) is 41.4 Å². The quantitative estimate of drug-likeness (QED) is 0.411. The summed E-state index contributed by atoms with van der Waals surface area (Å²) in [6.45, 7) is 0.586. The van der Waals surface area contributed by atoms with Gasteiger partial charge in [0.05, 0.1) is 39.5 Å². The van der Waals surface area contributed by atoms with E-state index in [4.69, 9.17) is 4.98 Å². The highest BCUT2D eigenvalue weighted by Gasteiger charge is 2.37. The molecule has 0 saturated heterocycles. The number of pyridine rings is 1. The molecule has 1 aromatic carbocycles. The largest absolute Gasteiger partial charge is 0.348 e. The Hall–Kier alpha value is -3.04. The van der Waals surface area contributed by atoms with Crippen LogP contribution in [0, 0.1) is 0 Å². The van der Waals surface area contributed by atoms with Gasteiger partial charge < -0.3 is 9.88 Å². The number of imidazole rings is 1. The number of carbonyl (C=O) groups is 1. The third-order valence-electron chi connectivity index (χ3n) is 5.44. The Kier molecular flexibility index (Phi) is 4.00. The molecule has 0 bridgehead atoms. The van der Waals surface area contributed by atoms with Gasteiger partial charge in [-0.15, -0.1) is 11.3 Å². The molecule has 5 heterocycles. The van der Waals surface area contributed by atoms with Gasteiger partial charge in [0.1, 0.15) is 11.0 Å². The van der Waals surface area contributed by atoms with Gasteiger partial charge in [-0.1, -0.05) is 12.1 Å². The maximum atomic E-state index is 13.7. The number of nitrogens with zero attached hydrogens (tertiary/aromatic N) is 5. The first kappa shape index (κ1) is 17.8. The number of halogens is 1. The fourth-order valence-corrected chi connectivity index (χ4v) is 5.44. The van der Waals surface area contributed by atoms with Gasteiger partial charge in [-0.3, -0.25) is 4.79 Å². The Morgan fingerprint density at radius 3 is 3.03 bits per heavy atom. The lowest BCUT2D eigenvalue weighted by Gasteiger charge is -2.33. The number of amides is 1. The van der Waals surface area contributed by atoms with Crippen LogP contribution in [-0.4, -0.2) is 41.9 Å². The normalized spacial score (nSPS) is 16.3. The molecule has 5 aromatic rings. The van der Waals surface area contributed by atoms with Crippen molar-refractivity contribution in [2.24, 2.45) is 0 Å². The van der Waals surface area contributed by atoms with Crippen molar-refractivity contribution in [1.82, 2.24) is 29.5 Å². The molecule has 9 heteroatoms. The van der Waals surface area contributed by atoms with Gasteiger partial charge in [-0.05, 0) is 40.2 Å². The van der Waals surface area contributed by atoms with Crippen LogP contribution in [-0.2, 0) is 6.42 Å². The van der Waals surface area contributed by atoms with Gasteiger partial charge in [0.25, 0.3) is 5.91 Å². The SMILES string of the molecule is O=C(c1cnn2cc(Br)ccc12)N1CCc2[nH]cnc2[C@H]1c1nc2ccccc2s1. The van der Waals surface area contributed by atoms with E-state index in [0.29, 0.717) is 12.1 Å². The first-order valence-electron chi connectivity index (χ1n) is 9.50. The van der Waals surface area contributed by atoms with Crippen molar-refractivity contribution in [3.05, 3.63) is 81.6 Å². The van der Waals surface area contributed by atoms with Crippen molar-refractivity contribution in [3.8, 4) is 0 Å². The van der Waals surface area contributed by atoms with Gasteiger partial charge in [0, 0.05) is 29.3 Å². The van der Waals surface area contributed by atoms with E-state index in [1.165, 1.54) is 0 Å². The number of benzene rings is 1. The number of carbonyl (C=O) groups excluding carboxylic acids is 1. The second-order valence-corrected chi connectivity index (χ2v) is 9.15. The van der Waals surface area contributed by atoms with Gasteiger partial charge in [0.15, 0.2) is 0 Å². The molecule has 1 aliphatic heterocycles. The number of hydrogen-bond donors (Lipinski definition) is 1. The van der Waals surface area contributed by atoms with Crippen molar-refractivity contribution in [3.63, 3.8) is 0 Å². The van der Waals surface area contributed by atoms with Crippen LogP contribution in [0.5, 0.6) is 0 Å². The van der Waals surface area contributed by atoms with Crippen LogP contribution in [0.1, 0.15) is 32.8 Å². The molecule has 1 N–H and O–H groups in total. The highest BCUT2D eigenvalue weighted by molar-refractivity contribution is 9.10. The minimum absolute atomic E-state index is 0.0646. The molecule has 4 aromatic heterocycles. The van der Waals surface area contributed by atoms with Crippen LogP contribution in [0.2, 0.25) is 0 Å². The number of hydrogen-bond acceptors (Lipinski definition) is 5. The first-order chi connectivity index (χ1) is 14.7. The van der Waals surface area contributed by atoms with E-state index in [9.17, 15) is 4.79 Å². The fourth-order valence-electron chi connectivity index (χ4n) is 4.03. The zero-order valence-corrected chi connectivity index (χ0v) is 18.0. The van der Waals surface area contributed by atoms with Gasteiger partial charge >= 0.3 is 0 Å². The lowest BCUT2D eigenvalue weighted by atomic mass is 10.0. The molecular weight excluding hydrogens is 464 g/mol. The zero-order chi connectivity index (χ0) is 20.2. The second-order valence-electron chi connectivity index (χ2n) is 7.17. The summed E-state index contributed by atoms with van der Waals surface area (Å²) in [5.74, 6) is -0.0646. The monoisotopic (exact) mass is 478 g/mol. The summed E-state index contributed by atoms with van der Waals surface area (Å²) in [6, 6.07) is 11.5.